The predicted octanol–water partition coefficient (Wildman–Crippen LogP) is 2.73. The number of pyridine rings is 1. The molecule has 0 amide bonds. The molecule has 0 bridgehead atoms. The molecular weight excluding hydrogens is 286 g/mol. The number of benzene rings is 1. The fourth-order valence-electron chi connectivity index (χ4n) is 1.86. The van der Waals surface area contributed by atoms with Crippen molar-refractivity contribution in [2.45, 2.75) is 18.2 Å². The number of anilines is 2. The highest BCUT2D eigenvalue weighted by molar-refractivity contribution is 7.92. The third kappa shape index (κ3) is 3.52. The molecule has 1 N–H and O–H groups in total. The van der Waals surface area contributed by atoms with Crippen molar-refractivity contribution in [2.24, 2.45) is 0 Å². The first-order valence-corrected chi connectivity index (χ1v) is 8.22. The predicted molar refractivity (Wildman–Crippen MR) is 85.0 cm³/mol. The summed E-state index contributed by atoms with van der Waals surface area (Å²) in [4.78, 5) is 4.16. The minimum atomic E-state index is -3.55. The van der Waals surface area contributed by atoms with Crippen LogP contribution in [0.4, 0.5) is 11.4 Å². The van der Waals surface area contributed by atoms with Crippen LogP contribution in [-0.2, 0) is 10.0 Å². The van der Waals surface area contributed by atoms with Crippen molar-refractivity contribution in [1.82, 2.24) is 4.98 Å². The summed E-state index contributed by atoms with van der Waals surface area (Å²) >= 11 is 0. The lowest BCUT2D eigenvalue weighted by atomic mass is 10.3. The van der Waals surface area contributed by atoms with Gasteiger partial charge in [0.1, 0.15) is 0 Å². The molecule has 21 heavy (non-hydrogen) atoms. The van der Waals surface area contributed by atoms with Crippen LogP contribution in [0.25, 0.3) is 0 Å². The minimum Gasteiger partial charge on any atom is -0.385 e. The summed E-state index contributed by atoms with van der Waals surface area (Å²) in [7, 11) is -2.02. The zero-order chi connectivity index (χ0) is 15.3. The Kier molecular flexibility index (Phi) is 4.80. The number of sulfonamides is 1. The molecule has 0 saturated heterocycles. The molecule has 0 unspecified atom stereocenters. The molecule has 2 aromatic rings. The summed E-state index contributed by atoms with van der Waals surface area (Å²) in [5, 5.41) is 3.22. The molecule has 0 aliphatic heterocycles. The average Bonchev–Trinajstić information content (AvgIpc) is 2.53. The third-order valence-electron chi connectivity index (χ3n) is 3.12. The van der Waals surface area contributed by atoms with Crippen LogP contribution in [0.1, 0.15) is 13.3 Å². The summed E-state index contributed by atoms with van der Waals surface area (Å²) in [6, 6.07) is 10.1. The first kappa shape index (κ1) is 15.3. The van der Waals surface area contributed by atoms with Crippen LogP contribution >= 0.6 is 0 Å². The van der Waals surface area contributed by atoms with E-state index in [2.05, 4.69) is 17.2 Å². The lowest BCUT2D eigenvalue weighted by Crippen LogP contribution is -2.26. The van der Waals surface area contributed by atoms with Gasteiger partial charge in [-0.15, -0.1) is 0 Å². The quantitative estimate of drug-likeness (QED) is 0.891. The summed E-state index contributed by atoms with van der Waals surface area (Å²) in [6.07, 6.45) is 4.16. The van der Waals surface area contributed by atoms with E-state index in [1.165, 1.54) is 11.4 Å². The van der Waals surface area contributed by atoms with Gasteiger partial charge in [0.15, 0.2) is 0 Å². The van der Waals surface area contributed by atoms with Gasteiger partial charge in [-0.2, -0.15) is 0 Å². The Morgan fingerprint density at radius 2 is 1.71 bits per heavy atom. The summed E-state index contributed by atoms with van der Waals surface area (Å²) < 4.78 is 26.3. The second kappa shape index (κ2) is 6.58. The van der Waals surface area contributed by atoms with E-state index < -0.39 is 10.0 Å². The molecule has 1 heterocycles. The second-order valence-electron chi connectivity index (χ2n) is 4.63. The molecule has 0 aliphatic rings. The summed E-state index contributed by atoms with van der Waals surface area (Å²) in [6.45, 7) is 2.94. The fourth-order valence-corrected chi connectivity index (χ4v) is 3.06. The van der Waals surface area contributed by atoms with Gasteiger partial charge in [0, 0.05) is 31.7 Å². The lowest BCUT2D eigenvalue weighted by Gasteiger charge is -2.19. The number of aromatic nitrogens is 1. The highest BCUT2D eigenvalue weighted by Crippen LogP contribution is 2.22. The number of hydrogen-bond donors (Lipinski definition) is 1. The molecule has 2 rings (SSSR count). The van der Waals surface area contributed by atoms with E-state index >= 15 is 0 Å². The molecule has 0 fully saturated rings. The SMILES string of the molecule is CCCNc1ccc(S(=O)(=O)N(C)c2ccncc2)cc1. The number of rotatable bonds is 6. The van der Waals surface area contributed by atoms with E-state index in [9.17, 15) is 8.42 Å². The van der Waals surface area contributed by atoms with Crippen LogP contribution in [-0.4, -0.2) is 27.0 Å². The van der Waals surface area contributed by atoms with Crippen LogP contribution in [0.5, 0.6) is 0 Å². The van der Waals surface area contributed by atoms with Gasteiger partial charge in [-0.25, -0.2) is 8.42 Å². The van der Waals surface area contributed by atoms with Crippen molar-refractivity contribution >= 4 is 21.4 Å². The minimum absolute atomic E-state index is 0.267. The molecule has 112 valence electrons. The van der Waals surface area contributed by atoms with E-state index in [4.69, 9.17) is 0 Å². The summed E-state index contributed by atoms with van der Waals surface area (Å²) in [5.74, 6) is 0. The monoisotopic (exact) mass is 305 g/mol. The standard InChI is InChI=1S/C15H19N3O2S/c1-3-10-17-13-4-6-15(7-5-13)21(19,20)18(2)14-8-11-16-12-9-14/h4-9,11-12,17H,3,10H2,1-2H3. The van der Waals surface area contributed by atoms with Gasteiger partial charge in [-0.3, -0.25) is 9.29 Å². The first-order chi connectivity index (χ1) is 10.1. The smallest absolute Gasteiger partial charge is 0.264 e. The van der Waals surface area contributed by atoms with Gasteiger partial charge in [-0.1, -0.05) is 6.92 Å². The van der Waals surface area contributed by atoms with Crippen molar-refractivity contribution in [3.05, 3.63) is 48.8 Å². The van der Waals surface area contributed by atoms with Gasteiger partial charge >= 0.3 is 0 Å². The van der Waals surface area contributed by atoms with Crippen LogP contribution in [0.3, 0.4) is 0 Å². The van der Waals surface area contributed by atoms with E-state index in [1.54, 1.807) is 48.8 Å². The van der Waals surface area contributed by atoms with Gasteiger partial charge < -0.3 is 5.32 Å². The topological polar surface area (TPSA) is 62.3 Å². The van der Waals surface area contributed by atoms with E-state index in [0.29, 0.717) is 5.69 Å². The lowest BCUT2D eigenvalue weighted by molar-refractivity contribution is 0.594. The number of hydrogen-bond acceptors (Lipinski definition) is 4. The number of nitrogens with zero attached hydrogens (tertiary/aromatic N) is 2. The molecule has 0 spiro atoms. The largest absolute Gasteiger partial charge is 0.385 e. The van der Waals surface area contributed by atoms with Crippen LogP contribution in [0.15, 0.2) is 53.7 Å². The van der Waals surface area contributed by atoms with Crippen LogP contribution in [0.2, 0.25) is 0 Å². The van der Waals surface area contributed by atoms with E-state index in [0.717, 1.165) is 18.7 Å². The highest BCUT2D eigenvalue weighted by atomic mass is 32.2. The van der Waals surface area contributed by atoms with Gasteiger partial charge in [0.05, 0.1) is 10.6 Å². The Labute approximate surface area is 125 Å². The number of nitrogens with one attached hydrogen (secondary N) is 1. The van der Waals surface area contributed by atoms with Crippen LogP contribution < -0.4 is 9.62 Å². The maximum absolute atomic E-state index is 12.5. The van der Waals surface area contributed by atoms with Crippen molar-refractivity contribution in [3.63, 3.8) is 0 Å². The Balaban J connectivity index is 2.23. The van der Waals surface area contributed by atoms with Crippen molar-refractivity contribution < 1.29 is 8.42 Å². The van der Waals surface area contributed by atoms with Crippen molar-refractivity contribution in [3.8, 4) is 0 Å². The fraction of sp³-hybridized carbons (Fsp3) is 0.267. The van der Waals surface area contributed by atoms with Crippen molar-refractivity contribution in [2.75, 3.05) is 23.2 Å². The molecule has 6 heteroatoms. The Bertz CT molecular complexity index is 670. The normalized spacial score (nSPS) is 11.1. The maximum Gasteiger partial charge on any atom is 0.264 e. The molecule has 0 radical (unpaired) electrons. The molecule has 0 saturated carbocycles. The molecule has 0 atom stereocenters. The second-order valence-corrected chi connectivity index (χ2v) is 6.60. The molecular formula is C15H19N3O2S. The van der Waals surface area contributed by atoms with Crippen molar-refractivity contribution in [1.29, 1.82) is 0 Å². The van der Waals surface area contributed by atoms with E-state index in [-0.39, 0.29) is 4.90 Å². The zero-order valence-electron chi connectivity index (χ0n) is 12.2. The molecule has 1 aromatic carbocycles. The zero-order valence-corrected chi connectivity index (χ0v) is 13.0. The average molecular weight is 305 g/mol. The molecule has 0 aliphatic carbocycles. The third-order valence-corrected chi connectivity index (χ3v) is 4.92. The Hall–Kier alpha value is -2.08. The van der Waals surface area contributed by atoms with Gasteiger partial charge in [-0.05, 0) is 42.8 Å². The Morgan fingerprint density at radius 3 is 2.29 bits per heavy atom. The maximum atomic E-state index is 12.5. The molecule has 1 aromatic heterocycles. The van der Waals surface area contributed by atoms with Gasteiger partial charge in [0.25, 0.3) is 10.0 Å². The van der Waals surface area contributed by atoms with E-state index in [1.807, 2.05) is 0 Å². The first-order valence-electron chi connectivity index (χ1n) is 6.78. The molecule has 5 nitrogen and oxygen atoms in total. The summed E-state index contributed by atoms with van der Waals surface area (Å²) in [5.41, 5.74) is 1.50. The Morgan fingerprint density at radius 1 is 1.10 bits per heavy atom. The highest BCUT2D eigenvalue weighted by Gasteiger charge is 2.20. The van der Waals surface area contributed by atoms with Gasteiger partial charge in [0.2, 0.25) is 0 Å². The van der Waals surface area contributed by atoms with Crippen LogP contribution in [0, 0.1) is 0 Å².